The van der Waals surface area contributed by atoms with Crippen LogP contribution in [0.1, 0.15) is 82.6 Å². The number of fused-ring (bicyclic) bond motifs is 6. The number of nitrogens with one attached hydrogen (secondary N) is 3. The molecule has 312 valence electrons. The summed E-state index contributed by atoms with van der Waals surface area (Å²) in [6, 6.07) is 5.23. The van der Waals surface area contributed by atoms with Crippen LogP contribution in [0.3, 0.4) is 0 Å². The van der Waals surface area contributed by atoms with Gasteiger partial charge in [-0.1, -0.05) is 37.5 Å². The number of sulfonamides is 1. The molecule has 3 N–H and O–H groups in total. The molecule has 16 heteroatoms. The molecule has 2 aromatic rings. The minimum absolute atomic E-state index is 0.0107. The summed E-state index contributed by atoms with van der Waals surface area (Å²) >= 11 is 0. The lowest BCUT2D eigenvalue weighted by atomic mass is 9.83. The van der Waals surface area contributed by atoms with Gasteiger partial charge in [0.15, 0.2) is 0 Å². The molecule has 3 aliphatic heterocycles. The van der Waals surface area contributed by atoms with Crippen LogP contribution in [0.25, 0.3) is 17.0 Å². The van der Waals surface area contributed by atoms with Gasteiger partial charge in [0, 0.05) is 49.1 Å². The second kappa shape index (κ2) is 16.5. The lowest BCUT2D eigenvalue weighted by Crippen LogP contribution is -2.60. The minimum Gasteiger partial charge on any atom is -0.497 e. The van der Waals surface area contributed by atoms with Gasteiger partial charge >= 0.3 is 6.03 Å². The number of aromatic nitrogens is 1. The van der Waals surface area contributed by atoms with Crippen molar-refractivity contribution in [3.05, 3.63) is 48.6 Å². The molecule has 5 fully saturated rings. The fourth-order valence-corrected chi connectivity index (χ4v) is 10.4. The van der Waals surface area contributed by atoms with Gasteiger partial charge in [0.2, 0.25) is 27.7 Å². The Labute approximate surface area is 339 Å². The number of pyridine rings is 1. The number of ether oxygens (including phenoxy) is 3. The molecule has 6 aliphatic rings. The molecule has 1 aromatic heterocycles. The third kappa shape index (κ3) is 8.40. The zero-order valence-electron chi connectivity index (χ0n) is 33.0. The van der Waals surface area contributed by atoms with E-state index in [2.05, 4.69) is 21.9 Å². The topological polar surface area (TPSA) is 186 Å². The molecule has 5 amide bonds. The summed E-state index contributed by atoms with van der Waals surface area (Å²) < 4.78 is 46.2. The van der Waals surface area contributed by atoms with Gasteiger partial charge in [-0.3, -0.25) is 19.1 Å². The highest BCUT2D eigenvalue weighted by molar-refractivity contribution is 7.91. The van der Waals surface area contributed by atoms with Gasteiger partial charge in [0.05, 0.1) is 30.5 Å². The maximum Gasteiger partial charge on any atom is 0.318 e. The van der Waals surface area contributed by atoms with Crippen LogP contribution >= 0.6 is 0 Å². The Kier molecular flexibility index (Phi) is 11.4. The Bertz CT molecular complexity index is 2090. The average Bonchev–Trinajstić information content (AvgIpc) is 4.11. The monoisotopic (exact) mass is 818 g/mol. The van der Waals surface area contributed by atoms with Gasteiger partial charge in [-0.05, 0) is 75.5 Å². The third-order valence-electron chi connectivity index (χ3n) is 12.7. The summed E-state index contributed by atoms with van der Waals surface area (Å²) in [7, 11) is -2.32. The standard InChI is InChI=1S/C42H54N6O9S/c1-3-29-23-42(29,40(51)46-58(53,54)33-15-16-33)45-37(49)35-22-32-25-48(35)39(50)36(26-10-6-4-7-11-26)44-41(52)47-18-17-31(24-47)56-19-9-5-8-12-28-20-27-13-14-30(55-2)21-34(27)43-38(28)57-32/h3,8,12-14,20-21,26,29,31-33,35-36H,1,4-7,9-11,15-19,22-25H2,2H3,(H,44,52)(H,45,49)(H,46,51)/b12-8+/t29-,31+,32-,35+,36+,42-/m1/s1. The van der Waals surface area contributed by atoms with Gasteiger partial charge in [-0.25, -0.2) is 18.2 Å². The first kappa shape index (κ1) is 40.1. The Balaban J connectivity index is 1.14. The van der Waals surface area contributed by atoms with Gasteiger partial charge in [0.1, 0.15) is 29.5 Å². The first-order valence-corrected chi connectivity index (χ1v) is 22.3. The summed E-state index contributed by atoms with van der Waals surface area (Å²) in [4.78, 5) is 65.2. The summed E-state index contributed by atoms with van der Waals surface area (Å²) in [5, 5.41) is 6.21. The molecule has 58 heavy (non-hydrogen) atoms. The van der Waals surface area contributed by atoms with Crippen molar-refractivity contribution in [1.29, 1.82) is 0 Å². The van der Waals surface area contributed by atoms with Crippen molar-refractivity contribution in [2.75, 3.05) is 33.4 Å². The lowest BCUT2D eigenvalue weighted by Gasteiger charge is -2.35. The van der Waals surface area contributed by atoms with Crippen LogP contribution in [0.4, 0.5) is 4.79 Å². The highest BCUT2D eigenvalue weighted by Gasteiger charge is 2.62. The fraction of sp³-hybridized carbons (Fsp3) is 0.595. The zero-order chi connectivity index (χ0) is 40.6. The molecular formula is C42H54N6O9S. The summed E-state index contributed by atoms with van der Waals surface area (Å²) in [6.45, 7) is 5.29. The van der Waals surface area contributed by atoms with E-state index < -0.39 is 62.6 Å². The molecular weight excluding hydrogens is 765 g/mol. The van der Waals surface area contributed by atoms with E-state index in [9.17, 15) is 22.8 Å². The van der Waals surface area contributed by atoms with Crippen molar-refractivity contribution in [2.24, 2.45) is 11.8 Å². The minimum atomic E-state index is -3.90. The molecule has 4 bridgehead atoms. The number of carbonyl (C=O) groups excluding carboxylic acids is 4. The second-order valence-electron chi connectivity index (χ2n) is 16.7. The van der Waals surface area contributed by atoms with Crippen LogP contribution in [0.2, 0.25) is 0 Å². The van der Waals surface area contributed by atoms with E-state index in [-0.39, 0.29) is 37.4 Å². The molecule has 8 rings (SSSR count). The Morgan fingerprint density at radius 3 is 2.60 bits per heavy atom. The van der Waals surface area contributed by atoms with Crippen molar-refractivity contribution >= 4 is 50.8 Å². The van der Waals surface area contributed by atoms with Crippen molar-refractivity contribution in [2.45, 2.75) is 112 Å². The number of methoxy groups -OCH3 is 1. The van der Waals surface area contributed by atoms with Gasteiger partial charge in [0.25, 0.3) is 5.91 Å². The van der Waals surface area contributed by atoms with Crippen LogP contribution in [0.5, 0.6) is 11.6 Å². The highest BCUT2D eigenvalue weighted by Crippen LogP contribution is 2.46. The van der Waals surface area contributed by atoms with E-state index in [1.54, 1.807) is 12.0 Å². The number of urea groups is 1. The number of carbonyl (C=O) groups is 4. The van der Waals surface area contributed by atoms with Crippen molar-refractivity contribution in [1.82, 2.24) is 30.1 Å². The van der Waals surface area contributed by atoms with Gasteiger partial charge in [-0.15, -0.1) is 6.58 Å². The molecule has 0 spiro atoms. The Morgan fingerprint density at radius 2 is 1.86 bits per heavy atom. The van der Waals surface area contributed by atoms with E-state index in [1.807, 2.05) is 36.4 Å². The van der Waals surface area contributed by atoms with Gasteiger partial charge < -0.3 is 34.6 Å². The van der Waals surface area contributed by atoms with Crippen LogP contribution in [0, 0.1) is 11.8 Å². The van der Waals surface area contributed by atoms with Crippen molar-refractivity contribution < 1.29 is 41.8 Å². The predicted molar refractivity (Wildman–Crippen MR) is 215 cm³/mol. The smallest absolute Gasteiger partial charge is 0.318 e. The van der Waals surface area contributed by atoms with E-state index >= 15 is 4.79 Å². The quantitative estimate of drug-likeness (QED) is 0.331. The number of rotatable bonds is 8. The van der Waals surface area contributed by atoms with E-state index in [0.717, 1.165) is 55.9 Å². The SMILES string of the molecule is C=C[C@@H]1C[C@]1(NC(=O)[C@@H]1C[C@@H]2CN1C(=O)[C@H](C1CCCCC1)NC(=O)N1CC[C@@H](C1)OCCC/C=C/c1cc3ccc(OC)cc3nc1O2)C(=O)NS(=O)(=O)C1CC1. The zero-order valence-corrected chi connectivity index (χ0v) is 33.8. The number of amides is 5. The average molecular weight is 819 g/mol. The summed E-state index contributed by atoms with van der Waals surface area (Å²) in [6.07, 6.45) is 12.4. The molecule has 2 saturated heterocycles. The number of allylic oxidation sites excluding steroid dienone is 1. The highest BCUT2D eigenvalue weighted by atomic mass is 32.2. The van der Waals surface area contributed by atoms with Crippen LogP contribution in [-0.4, -0.2) is 115 Å². The molecule has 3 aliphatic carbocycles. The number of hydrogen-bond donors (Lipinski definition) is 3. The maximum absolute atomic E-state index is 15.0. The van der Waals surface area contributed by atoms with E-state index in [4.69, 9.17) is 19.2 Å². The Hall–Kier alpha value is -4.70. The first-order chi connectivity index (χ1) is 28.0. The molecule has 15 nitrogen and oxygen atoms in total. The molecule has 3 saturated carbocycles. The van der Waals surface area contributed by atoms with Gasteiger partial charge in [-0.2, -0.15) is 0 Å². The van der Waals surface area contributed by atoms with Crippen LogP contribution in [0.15, 0.2) is 43.0 Å². The normalized spacial score (nSPS) is 30.2. The van der Waals surface area contributed by atoms with Crippen molar-refractivity contribution in [3.63, 3.8) is 0 Å². The molecule has 6 atom stereocenters. The lowest BCUT2D eigenvalue weighted by molar-refractivity contribution is -0.142. The largest absolute Gasteiger partial charge is 0.497 e. The summed E-state index contributed by atoms with van der Waals surface area (Å²) in [5.41, 5.74) is -0.177. The van der Waals surface area contributed by atoms with Crippen LogP contribution < -0.4 is 24.8 Å². The maximum atomic E-state index is 15.0. The molecule has 4 heterocycles. The Morgan fingerprint density at radius 1 is 1.05 bits per heavy atom. The first-order valence-electron chi connectivity index (χ1n) is 20.8. The van der Waals surface area contributed by atoms with E-state index in [0.29, 0.717) is 56.1 Å². The van der Waals surface area contributed by atoms with E-state index in [1.165, 1.54) is 11.0 Å². The van der Waals surface area contributed by atoms with Crippen LogP contribution in [-0.2, 0) is 29.1 Å². The fourth-order valence-electron chi connectivity index (χ4n) is 9.00. The number of nitrogens with zero attached hydrogens (tertiary/aromatic N) is 3. The third-order valence-corrected chi connectivity index (χ3v) is 14.5. The molecule has 0 radical (unpaired) electrons. The second-order valence-corrected chi connectivity index (χ2v) is 18.7. The van der Waals surface area contributed by atoms with Crippen molar-refractivity contribution in [3.8, 4) is 11.6 Å². The number of benzene rings is 1. The number of hydrogen-bond acceptors (Lipinski definition) is 10. The predicted octanol–water partition coefficient (Wildman–Crippen LogP) is 3.82. The summed E-state index contributed by atoms with van der Waals surface area (Å²) in [5.74, 6) is -1.55. The molecule has 1 aromatic carbocycles. The molecule has 0 unspecified atom stereocenters.